The molecule has 0 bridgehead atoms. The minimum absolute atomic E-state index is 0.0910. The summed E-state index contributed by atoms with van der Waals surface area (Å²) in [7, 11) is -4.15. The molecule has 242 valence electrons. The zero-order valence-electron chi connectivity index (χ0n) is 27.5. The summed E-state index contributed by atoms with van der Waals surface area (Å²) in [5.74, 6) is -0.737. The smallest absolute Gasteiger partial charge is 0.264 e. The summed E-state index contributed by atoms with van der Waals surface area (Å²) >= 11 is 0. The van der Waals surface area contributed by atoms with Crippen LogP contribution in [0.3, 0.4) is 0 Å². The molecular formula is C38H45N3O4S. The van der Waals surface area contributed by atoms with E-state index < -0.39 is 28.5 Å². The fourth-order valence-corrected chi connectivity index (χ4v) is 6.81. The number of amides is 2. The van der Waals surface area contributed by atoms with Crippen molar-refractivity contribution in [1.82, 2.24) is 10.2 Å². The van der Waals surface area contributed by atoms with Crippen LogP contribution in [0.15, 0.2) is 102 Å². The molecule has 0 radical (unpaired) electrons. The van der Waals surface area contributed by atoms with Crippen LogP contribution in [0.1, 0.15) is 53.1 Å². The highest BCUT2D eigenvalue weighted by atomic mass is 32.2. The zero-order chi connectivity index (χ0) is 33.3. The van der Waals surface area contributed by atoms with E-state index in [1.165, 1.54) is 4.31 Å². The van der Waals surface area contributed by atoms with Gasteiger partial charge >= 0.3 is 0 Å². The summed E-state index contributed by atoms with van der Waals surface area (Å²) in [4.78, 5) is 30.1. The van der Waals surface area contributed by atoms with Crippen molar-refractivity contribution in [2.75, 3.05) is 17.4 Å². The molecule has 0 heterocycles. The normalized spacial score (nSPS) is 11.9. The molecule has 4 aromatic rings. The number of hydrogen-bond donors (Lipinski definition) is 1. The highest BCUT2D eigenvalue weighted by Crippen LogP contribution is 2.27. The number of rotatable bonds is 14. The van der Waals surface area contributed by atoms with Crippen molar-refractivity contribution in [1.29, 1.82) is 0 Å². The molecule has 4 aromatic carbocycles. The number of anilines is 1. The molecule has 0 aliphatic rings. The van der Waals surface area contributed by atoms with Crippen molar-refractivity contribution < 1.29 is 18.0 Å². The van der Waals surface area contributed by atoms with Gasteiger partial charge in [-0.1, -0.05) is 97.3 Å². The summed E-state index contributed by atoms with van der Waals surface area (Å²) in [6.07, 6.45) is 2.01. The Hall–Kier alpha value is -4.43. The second-order valence-electron chi connectivity index (χ2n) is 12.0. The number of carbonyl (C=O) groups excluding carboxylic acids is 2. The third kappa shape index (κ3) is 9.07. The topological polar surface area (TPSA) is 86.8 Å². The Kier molecular flexibility index (Phi) is 11.8. The highest BCUT2D eigenvalue weighted by molar-refractivity contribution is 7.92. The van der Waals surface area contributed by atoms with Crippen molar-refractivity contribution in [2.45, 2.75) is 71.4 Å². The molecule has 0 aliphatic heterocycles. The fourth-order valence-electron chi connectivity index (χ4n) is 5.41. The van der Waals surface area contributed by atoms with Gasteiger partial charge in [-0.3, -0.25) is 13.9 Å². The van der Waals surface area contributed by atoms with Crippen molar-refractivity contribution in [2.24, 2.45) is 0 Å². The minimum Gasteiger partial charge on any atom is -0.354 e. The maximum Gasteiger partial charge on any atom is 0.264 e. The lowest BCUT2D eigenvalue weighted by Gasteiger charge is -2.34. The molecule has 0 saturated heterocycles. The van der Waals surface area contributed by atoms with E-state index in [1.54, 1.807) is 41.3 Å². The zero-order valence-corrected chi connectivity index (χ0v) is 28.3. The largest absolute Gasteiger partial charge is 0.354 e. The van der Waals surface area contributed by atoms with Crippen LogP contribution < -0.4 is 9.62 Å². The second-order valence-corrected chi connectivity index (χ2v) is 13.9. The number of hydrogen-bond acceptors (Lipinski definition) is 4. The number of benzene rings is 4. The molecule has 0 aromatic heterocycles. The van der Waals surface area contributed by atoms with E-state index >= 15 is 0 Å². The molecular weight excluding hydrogens is 595 g/mol. The Morgan fingerprint density at radius 1 is 0.739 bits per heavy atom. The van der Waals surface area contributed by atoms with Crippen LogP contribution in [-0.4, -0.2) is 44.3 Å². The predicted molar refractivity (Wildman–Crippen MR) is 185 cm³/mol. The molecule has 7 nitrogen and oxygen atoms in total. The number of aryl methyl sites for hydroxylation is 4. The molecule has 0 spiro atoms. The average Bonchev–Trinajstić information content (AvgIpc) is 3.02. The van der Waals surface area contributed by atoms with Crippen molar-refractivity contribution in [3.63, 3.8) is 0 Å². The van der Waals surface area contributed by atoms with Gasteiger partial charge in [0, 0.05) is 19.5 Å². The average molecular weight is 640 g/mol. The second kappa shape index (κ2) is 15.7. The van der Waals surface area contributed by atoms with E-state index in [9.17, 15) is 18.0 Å². The molecule has 1 N–H and O–H groups in total. The van der Waals surface area contributed by atoms with Gasteiger partial charge in [0.2, 0.25) is 11.8 Å². The molecule has 0 saturated carbocycles. The van der Waals surface area contributed by atoms with E-state index in [2.05, 4.69) is 12.2 Å². The Balaban J connectivity index is 1.81. The van der Waals surface area contributed by atoms with Gasteiger partial charge in [0.1, 0.15) is 12.6 Å². The lowest BCUT2D eigenvalue weighted by atomic mass is 10.0. The van der Waals surface area contributed by atoms with E-state index in [1.807, 2.05) is 88.4 Å². The first-order chi connectivity index (χ1) is 22.0. The van der Waals surface area contributed by atoms with Crippen LogP contribution in [0, 0.1) is 27.7 Å². The third-order valence-electron chi connectivity index (χ3n) is 7.96. The number of nitrogens with zero attached hydrogens (tertiary/aromatic N) is 2. The van der Waals surface area contributed by atoms with Crippen LogP contribution in [0.4, 0.5) is 5.69 Å². The van der Waals surface area contributed by atoms with Gasteiger partial charge in [-0.15, -0.1) is 0 Å². The number of carbonyl (C=O) groups is 2. The minimum atomic E-state index is -4.15. The molecule has 0 aliphatic carbocycles. The summed E-state index contributed by atoms with van der Waals surface area (Å²) in [6, 6.07) is 28.7. The van der Waals surface area contributed by atoms with Gasteiger partial charge in [0.15, 0.2) is 0 Å². The Morgan fingerprint density at radius 2 is 1.33 bits per heavy atom. The molecule has 0 fully saturated rings. The number of nitrogens with one attached hydrogen (secondary N) is 1. The van der Waals surface area contributed by atoms with Crippen LogP contribution in [0.25, 0.3) is 0 Å². The first kappa shape index (κ1) is 34.4. The summed E-state index contributed by atoms with van der Waals surface area (Å²) in [5.41, 5.74) is 5.89. The molecule has 46 heavy (non-hydrogen) atoms. The van der Waals surface area contributed by atoms with Crippen LogP contribution >= 0.6 is 0 Å². The molecule has 4 rings (SSSR count). The molecule has 8 heteroatoms. The lowest BCUT2D eigenvalue weighted by molar-refractivity contribution is -0.140. The quantitative estimate of drug-likeness (QED) is 0.156. The fraction of sp³-hybridized carbons (Fsp3) is 0.316. The first-order valence-corrected chi connectivity index (χ1v) is 17.3. The monoisotopic (exact) mass is 639 g/mol. The Labute approximate surface area is 274 Å². The lowest BCUT2D eigenvalue weighted by Crippen LogP contribution is -2.53. The van der Waals surface area contributed by atoms with E-state index in [0.29, 0.717) is 12.2 Å². The Bertz CT molecular complexity index is 1700. The standard InChI is InChI=1S/C38H45N3O4S/c1-6-7-21-39-38(43)36(25-32-11-9-8-10-12-32)40(26-33-17-13-28(2)14-18-33)37(42)27-41(34-23-30(4)22-31(5)24-34)46(44,45)35-19-15-29(3)16-20-35/h8-20,22-24,36H,6-7,21,25-27H2,1-5H3,(H,39,43)/t36-/m1/s1. The van der Waals surface area contributed by atoms with Crippen LogP contribution in [0.5, 0.6) is 0 Å². The molecule has 2 amide bonds. The van der Waals surface area contributed by atoms with Crippen molar-refractivity contribution in [3.8, 4) is 0 Å². The number of sulfonamides is 1. The van der Waals surface area contributed by atoms with Crippen LogP contribution in [0.2, 0.25) is 0 Å². The Morgan fingerprint density at radius 3 is 1.91 bits per heavy atom. The molecule has 1 atom stereocenters. The maximum atomic E-state index is 14.6. The SMILES string of the molecule is CCCCNC(=O)[C@@H](Cc1ccccc1)N(Cc1ccc(C)cc1)C(=O)CN(c1cc(C)cc(C)c1)S(=O)(=O)c1ccc(C)cc1. The summed E-state index contributed by atoms with van der Waals surface area (Å²) < 4.78 is 29.7. The van der Waals surface area contributed by atoms with Crippen molar-refractivity contribution in [3.05, 3.63) is 130 Å². The van der Waals surface area contributed by atoms with Gasteiger partial charge < -0.3 is 10.2 Å². The van der Waals surface area contributed by atoms with E-state index in [0.717, 1.165) is 46.2 Å². The van der Waals surface area contributed by atoms with Gasteiger partial charge in [0.05, 0.1) is 10.6 Å². The summed E-state index contributed by atoms with van der Waals surface area (Å²) in [6.45, 7) is 9.89. The number of unbranched alkanes of at least 4 members (excludes halogenated alkanes) is 1. The van der Waals surface area contributed by atoms with Gasteiger partial charge in [-0.05, 0) is 80.6 Å². The van der Waals surface area contributed by atoms with Gasteiger partial charge in [0.25, 0.3) is 10.0 Å². The highest BCUT2D eigenvalue weighted by Gasteiger charge is 2.34. The van der Waals surface area contributed by atoms with E-state index in [-0.39, 0.29) is 23.8 Å². The third-order valence-corrected chi connectivity index (χ3v) is 9.74. The first-order valence-electron chi connectivity index (χ1n) is 15.8. The maximum absolute atomic E-state index is 14.6. The predicted octanol–water partition coefficient (Wildman–Crippen LogP) is 6.67. The van der Waals surface area contributed by atoms with Crippen LogP contribution in [-0.2, 0) is 32.6 Å². The van der Waals surface area contributed by atoms with Gasteiger partial charge in [-0.2, -0.15) is 0 Å². The van der Waals surface area contributed by atoms with Crippen molar-refractivity contribution >= 4 is 27.5 Å². The summed E-state index contributed by atoms with van der Waals surface area (Å²) in [5, 5.41) is 3.03. The van der Waals surface area contributed by atoms with Gasteiger partial charge in [-0.25, -0.2) is 8.42 Å². The van der Waals surface area contributed by atoms with E-state index in [4.69, 9.17) is 0 Å². The molecule has 0 unspecified atom stereocenters.